The van der Waals surface area contributed by atoms with E-state index in [1.165, 1.54) is 0 Å². The monoisotopic (exact) mass is 356 g/mol. The van der Waals surface area contributed by atoms with Crippen molar-refractivity contribution in [2.45, 2.75) is 12.8 Å². The molecule has 98 valence electrons. The van der Waals surface area contributed by atoms with Gasteiger partial charge in [-0.25, -0.2) is 0 Å². The van der Waals surface area contributed by atoms with E-state index in [1.54, 1.807) is 18.2 Å². The van der Waals surface area contributed by atoms with Crippen LogP contribution in [-0.2, 0) is 6.42 Å². The van der Waals surface area contributed by atoms with Gasteiger partial charge in [0.05, 0.1) is 10.0 Å². The molecule has 0 amide bonds. The number of ketones is 1. The number of hydrogen-bond donors (Lipinski definition) is 0. The summed E-state index contributed by atoms with van der Waals surface area (Å²) in [5.74, 6) is 0.00965. The van der Waals surface area contributed by atoms with Gasteiger partial charge in [-0.3, -0.25) is 4.79 Å². The zero-order valence-electron chi connectivity index (χ0n) is 10.00. The summed E-state index contributed by atoms with van der Waals surface area (Å²) in [6.07, 6.45) is 1.11. The number of halogens is 3. The van der Waals surface area contributed by atoms with Crippen LogP contribution in [0.5, 0.6) is 0 Å². The van der Waals surface area contributed by atoms with Crippen LogP contribution in [0.1, 0.15) is 22.3 Å². The van der Waals surface area contributed by atoms with E-state index in [-0.39, 0.29) is 5.78 Å². The van der Waals surface area contributed by atoms with Crippen molar-refractivity contribution in [1.29, 1.82) is 0 Å². The fourth-order valence-electron chi connectivity index (χ4n) is 1.76. The molecule has 0 aliphatic rings. The van der Waals surface area contributed by atoms with Gasteiger partial charge < -0.3 is 0 Å². The normalized spacial score (nSPS) is 10.5. The van der Waals surface area contributed by atoms with Gasteiger partial charge in [0.25, 0.3) is 0 Å². The lowest BCUT2D eigenvalue weighted by Crippen LogP contribution is -2.02. The molecule has 2 rings (SSSR count). The number of rotatable bonds is 4. The molecule has 2 aromatic rings. The Morgan fingerprint density at radius 2 is 1.74 bits per heavy atom. The first kappa shape index (κ1) is 14.6. The summed E-state index contributed by atoms with van der Waals surface area (Å²) >= 11 is 15.3. The van der Waals surface area contributed by atoms with Crippen LogP contribution in [0.25, 0.3) is 0 Å². The smallest absolute Gasteiger partial charge is 0.164 e. The second-order valence-electron chi connectivity index (χ2n) is 4.15. The molecule has 0 heterocycles. The Bertz CT molecular complexity index is 594. The van der Waals surface area contributed by atoms with Crippen LogP contribution in [0.3, 0.4) is 0 Å². The van der Waals surface area contributed by atoms with Gasteiger partial charge in [-0.1, -0.05) is 57.3 Å². The Labute approximate surface area is 130 Å². The van der Waals surface area contributed by atoms with Crippen molar-refractivity contribution in [3.05, 3.63) is 68.1 Å². The Hall–Kier alpha value is -0.830. The molecule has 4 heteroatoms. The maximum atomic E-state index is 12.1. The Morgan fingerprint density at radius 3 is 2.42 bits per heavy atom. The molecule has 0 N–H and O–H groups in total. The molecule has 0 radical (unpaired) electrons. The predicted molar refractivity (Wildman–Crippen MR) is 83.3 cm³/mol. The van der Waals surface area contributed by atoms with Crippen molar-refractivity contribution in [2.24, 2.45) is 0 Å². The van der Waals surface area contributed by atoms with Gasteiger partial charge in [-0.05, 0) is 36.2 Å². The van der Waals surface area contributed by atoms with Crippen LogP contribution >= 0.6 is 39.1 Å². The molecular formula is C15H11BrCl2O. The van der Waals surface area contributed by atoms with E-state index in [0.29, 0.717) is 28.5 Å². The molecule has 0 bridgehead atoms. The molecule has 0 spiro atoms. The second-order valence-corrected chi connectivity index (χ2v) is 5.85. The zero-order chi connectivity index (χ0) is 13.8. The van der Waals surface area contributed by atoms with Crippen molar-refractivity contribution in [2.75, 3.05) is 0 Å². The summed E-state index contributed by atoms with van der Waals surface area (Å²) in [5.41, 5.74) is 1.61. The lowest BCUT2D eigenvalue weighted by molar-refractivity contribution is 0.0983. The first-order chi connectivity index (χ1) is 9.08. The predicted octanol–water partition coefficient (Wildman–Crippen LogP) is 5.57. The molecule has 0 unspecified atom stereocenters. The van der Waals surface area contributed by atoms with E-state index in [9.17, 15) is 4.79 Å². The fourth-order valence-corrected chi connectivity index (χ4v) is 2.43. The Balaban J connectivity index is 2.05. The van der Waals surface area contributed by atoms with E-state index < -0.39 is 0 Å². The third kappa shape index (κ3) is 3.82. The Morgan fingerprint density at radius 1 is 1.05 bits per heavy atom. The molecule has 19 heavy (non-hydrogen) atoms. The van der Waals surface area contributed by atoms with Crippen LogP contribution < -0.4 is 0 Å². The highest BCUT2D eigenvalue weighted by Gasteiger charge is 2.12. The molecule has 0 aliphatic carbocycles. The highest BCUT2D eigenvalue weighted by atomic mass is 79.9. The molecule has 1 nitrogen and oxygen atoms in total. The van der Waals surface area contributed by atoms with Crippen LogP contribution in [0.15, 0.2) is 46.9 Å². The fraction of sp³-hybridized carbons (Fsp3) is 0.133. The summed E-state index contributed by atoms with van der Waals surface area (Å²) in [4.78, 5) is 12.1. The number of hydrogen-bond acceptors (Lipinski definition) is 1. The van der Waals surface area contributed by atoms with Gasteiger partial charge in [0.15, 0.2) is 5.78 Å². The van der Waals surface area contributed by atoms with Gasteiger partial charge in [-0.2, -0.15) is 0 Å². The van der Waals surface area contributed by atoms with Crippen molar-refractivity contribution in [3.8, 4) is 0 Å². The third-order valence-corrected chi connectivity index (χ3v) is 4.15. The molecule has 0 atom stereocenters. The van der Waals surface area contributed by atoms with Crippen LogP contribution in [0, 0.1) is 0 Å². The number of benzene rings is 2. The second kappa shape index (κ2) is 6.56. The third-order valence-electron chi connectivity index (χ3n) is 2.81. The van der Waals surface area contributed by atoms with Crippen LogP contribution in [0.2, 0.25) is 10.0 Å². The van der Waals surface area contributed by atoms with Crippen molar-refractivity contribution in [3.63, 3.8) is 0 Å². The summed E-state index contributed by atoms with van der Waals surface area (Å²) in [7, 11) is 0. The van der Waals surface area contributed by atoms with Crippen molar-refractivity contribution >= 4 is 44.9 Å². The molecular weight excluding hydrogens is 347 g/mol. The molecule has 2 aromatic carbocycles. The highest BCUT2D eigenvalue weighted by Crippen LogP contribution is 2.26. The van der Waals surface area contributed by atoms with Crippen LogP contribution in [-0.4, -0.2) is 5.78 Å². The quantitative estimate of drug-likeness (QED) is 0.653. The maximum absolute atomic E-state index is 12.1. The summed E-state index contributed by atoms with van der Waals surface area (Å²) in [6, 6.07) is 13.0. The van der Waals surface area contributed by atoms with Crippen molar-refractivity contribution in [1.82, 2.24) is 0 Å². The number of aryl methyl sites for hydroxylation is 1. The number of carbonyl (C=O) groups excluding carboxylic acids is 1. The van der Waals surface area contributed by atoms with E-state index >= 15 is 0 Å². The van der Waals surface area contributed by atoms with E-state index in [1.807, 2.05) is 24.3 Å². The molecule has 0 fully saturated rings. The minimum atomic E-state index is 0.00965. The highest BCUT2D eigenvalue weighted by molar-refractivity contribution is 9.10. The van der Waals surface area contributed by atoms with Gasteiger partial charge in [-0.15, -0.1) is 0 Å². The summed E-state index contributed by atoms with van der Waals surface area (Å²) in [6.45, 7) is 0. The lowest BCUT2D eigenvalue weighted by atomic mass is 10.0. The molecule has 0 aromatic heterocycles. The lowest BCUT2D eigenvalue weighted by Gasteiger charge is -2.05. The molecule has 0 saturated heterocycles. The van der Waals surface area contributed by atoms with Gasteiger partial charge in [0, 0.05) is 16.5 Å². The van der Waals surface area contributed by atoms with E-state index in [2.05, 4.69) is 15.9 Å². The van der Waals surface area contributed by atoms with E-state index in [4.69, 9.17) is 23.2 Å². The SMILES string of the molecule is O=C(CCc1ccc(Br)cc1)c1cccc(Cl)c1Cl. The maximum Gasteiger partial charge on any atom is 0.164 e. The topological polar surface area (TPSA) is 17.1 Å². The largest absolute Gasteiger partial charge is 0.294 e. The average Bonchev–Trinajstić information content (AvgIpc) is 2.41. The number of carbonyl (C=O) groups is 1. The minimum absolute atomic E-state index is 0.00965. The molecule has 0 saturated carbocycles. The first-order valence-electron chi connectivity index (χ1n) is 5.79. The van der Waals surface area contributed by atoms with Gasteiger partial charge in [0.2, 0.25) is 0 Å². The zero-order valence-corrected chi connectivity index (χ0v) is 13.1. The summed E-state index contributed by atoms with van der Waals surface area (Å²) in [5, 5.41) is 0.751. The first-order valence-corrected chi connectivity index (χ1v) is 7.34. The van der Waals surface area contributed by atoms with Gasteiger partial charge >= 0.3 is 0 Å². The minimum Gasteiger partial charge on any atom is -0.294 e. The van der Waals surface area contributed by atoms with E-state index in [0.717, 1.165) is 10.0 Å². The Kier molecular flexibility index (Phi) is 5.03. The average molecular weight is 358 g/mol. The standard InChI is InChI=1S/C15H11BrCl2O/c16-11-7-4-10(5-8-11)6-9-14(19)12-2-1-3-13(17)15(12)18/h1-5,7-8H,6,9H2. The number of Topliss-reactive ketones (excluding diaryl/α,β-unsaturated/α-hetero) is 1. The van der Waals surface area contributed by atoms with Crippen LogP contribution in [0.4, 0.5) is 0 Å². The molecule has 0 aliphatic heterocycles. The summed E-state index contributed by atoms with van der Waals surface area (Å²) < 4.78 is 1.03. The van der Waals surface area contributed by atoms with Crippen molar-refractivity contribution < 1.29 is 4.79 Å². The van der Waals surface area contributed by atoms with Gasteiger partial charge in [0.1, 0.15) is 0 Å².